The van der Waals surface area contributed by atoms with Gasteiger partial charge in [-0.15, -0.1) is 0 Å². The molecule has 1 fully saturated rings. The minimum Gasteiger partial charge on any atom is -0.438 e. The van der Waals surface area contributed by atoms with E-state index in [-0.39, 0.29) is 0 Å². The smallest absolute Gasteiger partial charge is 0.210 e. The number of aliphatic imine (C=N–C) groups is 1. The third-order valence-corrected chi connectivity index (χ3v) is 4.65. The second kappa shape index (κ2) is 8.49. The van der Waals surface area contributed by atoms with Crippen LogP contribution >= 0.6 is 15.9 Å². The number of morpholine rings is 1. The van der Waals surface area contributed by atoms with Gasteiger partial charge in [0.05, 0.1) is 29.6 Å². The van der Waals surface area contributed by atoms with E-state index in [9.17, 15) is 0 Å². The van der Waals surface area contributed by atoms with E-state index in [4.69, 9.17) is 9.15 Å². The summed E-state index contributed by atoms with van der Waals surface area (Å²) in [5.74, 6) is 1.60. The van der Waals surface area contributed by atoms with Crippen molar-refractivity contribution in [1.29, 1.82) is 0 Å². The topological polar surface area (TPSA) is 38.0 Å². The molecule has 4 nitrogen and oxygen atoms in total. The molecule has 3 rings (SSSR count). The molecular weight excluding hydrogens is 368 g/mol. The second-order valence-electron chi connectivity index (χ2n) is 5.93. The van der Waals surface area contributed by atoms with Gasteiger partial charge in [-0.25, -0.2) is 0 Å². The van der Waals surface area contributed by atoms with Gasteiger partial charge >= 0.3 is 0 Å². The number of hydrogen-bond donors (Lipinski definition) is 0. The summed E-state index contributed by atoms with van der Waals surface area (Å²) in [7, 11) is 0. The van der Waals surface area contributed by atoms with E-state index < -0.39 is 0 Å². The molecule has 0 aliphatic carbocycles. The van der Waals surface area contributed by atoms with Crippen LogP contribution in [-0.4, -0.2) is 32.5 Å². The van der Waals surface area contributed by atoms with Crippen molar-refractivity contribution in [1.82, 2.24) is 0 Å². The van der Waals surface area contributed by atoms with Crippen LogP contribution in [0.3, 0.4) is 0 Å². The number of benzene rings is 1. The van der Waals surface area contributed by atoms with Crippen molar-refractivity contribution in [3.05, 3.63) is 46.1 Å². The molecule has 1 aliphatic rings. The first-order chi connectivity index (χ1) is 11.8. The van der Waals surface area contributed by atoms with Gasteiger partial charge in [-0.1, -0.05) is 25.5 Å². The lowest BCUT2D eigenvalue weighted by atomic mass is 10.1. The van der Waals surface area contributed by atoms with Crippen LogP contribution in [0.5, 0.6) is 0 Å². The first-order valence-electron chi connectivity index (χ1n) is 8.51. The molecule has 0 atom stereocenters. The average Bonchev–Trinajstić information content (AvgIpc) is 3.00. The minimum atomic E-state index is 0.737. The van der Waals surface area contributed by atoms with E-state index >= 15 is 0 Å². The molecule has 1 aromatic heterocycles. The van der Waals surface area contributed by atoms with Crippen molar-refractivity contribution < 1.29 is 9.15 Å². The number of ether oxygens (including phenoxy) is 1. The zero-order chi connectivity index (χ0) is 16.8. The first-order valence-corrected chi connectivity index (χ1v) is 9.30. The summed E-state index contributed by atoms with van der Waals surface area (Å²) >= 11 is 3.57. The van der Waals surface area contributed by atoms with Crippen LogP contribution in [0.15, 0.2) is 44.2 Å². The quantitative estimate of drug-likeness (QED) is 0.653. The predicted octanol–water partition coefficient (Wildman–Crippen LogP) is 4.97. The number of anilines is 1. The average molecular weight is 391 g/mol. The summed E-state index contributed by atoms with van der Waals surface area (Å²) in [6.45, 7) is 5.39. The minimum absolute atomic E-state index is 0.737. The zero-order valence-electron chi connectivity index (χ0n) is 14.0. The van der Waals surface area contributed by atoms with Crippen LogP contribution in [0.2, 0.25) is 0 Å². The fourth-order valence-corrected chi connectivity index (χ4v) is 3.25. The monoisotopic (exact) mass is 390 g/mol. The van der Waals surface area contributed by atoms with Gasteiger partial charge in [0.15, 0.2) is 0 Å². The Morgan fingerprint density at radius 2 is 1.96 bits per heavy atom. The molecule has 0 spiro atoms. The Morgan fingerprint density at radius 3 is 2.67 bits per heavy atom. The molecule has 0 saturated carbocycles. The maximum Gasteiger partial charge on any atom is 0.210 e. The molecule has 5 heteroatoms. The Bertz CT molecular complexity index is 673. The lowest BCUT2D eigenvalue weighted by Gasteiger charge is -2.26. The Kier molecular flexibility index (Phi) is 6.10. The predicted molar refractivity (Wildman–Crippen MR) is 102 cm³/mol. The van der Waals surface area contributed by atoms with Crippen LogP contribution in [0.25, 0.3) is 0 Å². The highest BCUT2D eigenvalue weighted by Crippen LogP contribution is 2.30. The normalized spacial score (nSPS) is 15.3. The maximum absolute atomic E-state index is 5.93. The molecule has 0 amide bonds. The third-order valence-electron chi connectivity index (χ3n) is 4.08. The molecule has 128 valence electrons. The third kappa shape index (κ3) is 4.48. The molecular formula is C19H23BrN2O2. The molecule has 1 aromatic carbocycles. The lowest BCUT2D eigenvalue weighted by Crippen LogP contribution is -2.36. The van der Waals surface area contributed by atoms with Crippen molar-refractivity contribution >= 4 is 33.7 Å². The van der Waals surface area contributed by atoms with Crippen molar-refractivity contribution in [3.8, 4) is 0 Å². The van der Waals surface area contributed by atoms with Gasteiger partial charge in [-0.3, -0.25) is 4.99 Å². The van der Waals surface area contributed by atoms with Crippen molar-refractivity contribution in [2.45, 2.75) is 26.2 Å². The number of rotatable bonds is 6. The molecule has 24 heavy (non-hydrogen) atoms. The van der Waals surface area contributed by atoms with E-state index in [1.165, 1.54) is 18.4 Å². The fraction of sp³-hybridized carbons (Fsp3) is 0.421. The van der Waals surface area contributed by atoms with Gasteiger partial charge in [0.1, 0.15) is 5.76 Å². The SMILES string of the molecule is CCCCc1ccc(N=Cc2cc(Br)c(N3CCOCC3)o2)cc1. The number of furan rings is 1. The maximum atomic E-state index is 5.93. The summed E-state index contributed by atoms with van der Waals surface area (Å²) in [6, 6.07) is 10.4. The summed E-state index contributed by atoms with van der Waals surface area (Å²) in [4.78, 5) is 6.70. The largest absolute Gasteiger partial charge is 0.438 e. The Hall–Kier alpha value is -1.59. The van der Waals surface area contributed by atoms with Crippen LogP contribution in [0.4, 0.5) is 11.6 Å². The van der Waals surface area contributed by atoms with E-state index in [1.807, 2.05) is 6.07 Å². The number of unbranched alkanes of at least 4 members (excludes halogenated alkanes) is 1. The molecule has 1 aliphatic heterocycles. The van der Waals surface area contributed by atoms with Gasteiger partial charge in [0, 0.05) is 19.2 Å². The molecule has 2 aromatic rings. The van der Waals surface area contributed by atoms with Gasteiger partial charge < -0.3 is 14.1 Å². The van der Waals surface area contributed by atoms with E-state index in [2.05, 4.69) is 57.0 Å². The second-order valence-corrected chi connectivity index (χ2v) is 6.78. The van der Waals surface area contributed by atoms with Crippen LogP contribution in [0, 0.1) is 0 Å². The molecule has 2 heterocycles. The van der Waals surface area contributed by atoms with E-state index in [0.29, 0.717) is 0 Å². The standard InChI is InChI=1S/C19H23BrN2O2/c1-2-3-4-15-5-7-16(8-6-15)21-14-17-13-18(20)19(24-17)22-9-11-23-12-10-22/h5-8,13-14H,2-4,9-12H2,1H3. The summed E-state index contributed by atoms with van der Waals surface area (Å²) in [5, 5.41) is 0. The molecule has 0 bridgehead atoms. The lowest BCUT2D eigenvalue weighted by molar-refractivity contribution is 0.120. The summed E-state index contributed by atoms with van der Waals surface area (Å²) < 4.78 is 12.3. The molecule has 0 unspecified atom stereocenters. The number of halogens is 1. The number of aryl methyl sites for hydroxylation is 1. The Labute approximate surface area is 151 Å². The van der Waals surface area contributed by atoms with Crippen LogP contribution in [-0.2, 0) is 11.2 Å². The highest BCUT2D eigenvalue weighted by Gasteiger charge is 2.18. The van der Waals surface area contributed by atoms with Crippen LogP contribution < -0.4 is 4.90 Å². The van der Waals surface area contributed by atoms with Crippen molar-refractivity contribution in [2.24, 2.45) is 4.99 Å². The first kappa shape index (κ1) is 17.2. The molecule has 0 radical (unpaired) electrons. The fourth-order valence-electron chi connectivity index (χ4n) is 2.69. The number of hydrogen-bond acceptors (Lipinski definition) is 4. The highest BCUT2D eigenvalue weighted by atomic mass is 79.9. The summed E-state index contributed by atoms with van der Waals surface area (Å²) in [6.07, 6.45) is 5.36. The van der Waals surface area contributed by atoms with Crippen LogP contribution in [0.1, 0.15) is 31.1 Å². The van der Waals surface area contributed by atoms with Crippen molar-refractivity contribution in [2.75, 3.05) is 31.2 Å². The molecule has 0 N–H and O–H groups in total. The zero-order valence-corrected chi connectivity index (χ0v) is 15.6. The Balaban J connectivity index is 1.66. The van der Waals surface area contributed by atoms with E-state index in [1.54, 1.807) is 6.21 Å². The Morgan fingerprint density at radius 1 is 1.21 bits per heavy atom. The number of nitrogens with zero attached hydrogens (tertiary/aromatic N) is 2. The van der Waals surface area contributed by atoms with Gasteiger partial charge in [0.25, 0.3) is 0 Å². The van der Waals surface area contributed by atoms with E-state index in [0.717, 1.165) is 54.5 Å². The highest BCUT2D eigenvalue weighted by molar-refractivity contribution is 9.10. The molecule has 1 saturated heterocycles. The van der Waals surface area contributed by atoms with Gasteiger partial charge in [0.2, 0.25) is 5.88 Å². The summed E-state index contributed by atoms with van der Waals surface area (Å²) in [5.41, 5.74) is 2.31. The van der Waals surface area contributed by atoms with Gasteiger partial charge in [-0.2, -0.15) is 0 Å². The van der Waals surface area contributed by atoms with Gasteiger partial charge in [-0.05, 0) is 46.5 Å². The van der Waals surface area contributed by atoms with Crippen molar-refractivity contribution in [3.63, 3.8) is 0 Å².